The third kappa shape index (κ3) is 3.18. The van der Waals surface area contributed by atoms with Gasteiger partial charge < -0.3 is 0 Å². The van der Waals surface area contributed by atoms with Crippen LogP contribution in [0.2, 0.25) is 19.6 Å². The van der Waals surface area contributed by atoms with Crippen LogP contribution in [0.15, 0.2) is 48.0 Å². The zero-order valence-corrected chi connectivity index (χ0v) is 20.0. The van der Waals surface area contributed by atoms with E-state index in [0.717, 1.165) is 5.92 Å². The van der Waals surface area contributed by atoms with Crippen molar-refractivity contribution in [2.75, 3.05) is 0 Å². The van der Waals surface area contributed by atoms with E-state index < -0.39 is 8.07 Å². The third-order valence-electron chi connectivity index (χ3n) is 6.38. The molecule has 0 nitrogen and oxygen atoms in total. The molecule has 2 heteroatoms. The van der Waals surface area contributed by atoms with E-state index in [1.165, 1.54) is 36.8 Å². The number of allylic oxidation sites excluding steroid dienone is 2. The van der Waals surface area contributed by atoms with Crippen molar-refractivity contribution in [3.05, 3.63) is 59.2 Å². The van der Waals surface area contributed by atoms with Crippen LogP contribution in [0.3, 0.4) is 0 Å². The van der Waals surface area contributed by atoms with Crippen LogP contribution in [0.4, 0.5) is 0 Å². The molecule has 0 aromatic heterocycles. The Morgan fingerprint density at radius 2 is 1.58 bits per heavy atom. The summed E-state index contributed by atoms with van der Waals surface area (Å²) in [4.78, 5) is 0. The second kappa shape index (κ2) is 7.02. The molecule has 26 heavy (non-hydrogen) atoms. The van der Waals surface area contributed by atoms with Gasteiger partial charge >= 0.3 is 176 Å². The minimum atomic E-state index is -1.24. The molecular formula is C24H29SiZr. The van der Waals surface area contributed by atoms with Crippen LogP contribution in [0.5, 0.6) is 0 Å². The molecule has 0 radical (unpaired) electrons. The van der Waals surface area contributed by atoms with Gasteiger partial charge in [-0.2, -0.15) is 0 Å². The summed E-state index contributed by atoms with van der Waals surface area (Å²) in [5.41, 5.74) is 9.35. The molecule has 133 valence electrons. The van der Waals surface area contributed by atoms with Gasteiger partial charge in [0, 0.05) is 0 Å². The number of hydrogen-bond acceptors (Lipinski definition) is 0. The molecule has 0 bridgehead atoms. The fourth-order valence-electron chi connectivity index (χ4n) is 4.93. The molecule has 0 N–H and O–H groups in total. The molecule has 1 unspecified atom stereocenters. The number of benzene rings is 2. The van der Waals surface area contributed by atoms with Crippen molar-refractivity contribution in [2.45, 2.75) is 55.9 Å². The van der Waals surface area contributed by atoms with E-state index in [1.807, 2.05) is 0 Å². The Balaban J connectivity index is 1.79. The summed E-state index contributed by atoms with van der Waals surface area (Å²) in [7, 11) is -1.24. The van der Waals surface area contributed by atoms with E-state index in [9.17, 15) is 0 Å². The SMILES string of the molecule is CC1=C(C2CCCC2)[CH]([Zr])c2cccc(-c3ccc([Si](C)(C)C)cc3)c21. The first-order chi connectivity index (χ1) is 12.4. The monoisotopic (exact) mass is 435 g/mol. The van der Waals surface area contributed by atoms with Crippen molar-refractivity contribution >= 4 is 18.8 Å². The molecule has 0 amide bonds. The van der Waals surface area contributed by atoms with Crippen LogP contribution in [0, 0.1) is 5.92 Å². The van der Waals surface area contributed by atoms with Crippen LogP contribution in [-0.2, 0) is 24.7 Å². The van der Waals surface area contributed by atoms with Gasteiger partial charge in [0.1, 0.15) is 0 Å². The van der Waals surface area contributed by atoms with Crippen LogP contribution < -0.4 is 5.19 Å². The van der Waals surface area contributed by atoms with Crippen molar-refractivity contribution in [1.82, 2.24) is 0 Å². The molecule has 2 aromatic carbocycles. The second-order valence-corrected chi connectivity index (χ2v) is 15.6. The normalized spacial score (nSPS) is 20.7. The Morgan fingerprint density at radius 3 is 2.19 bits per heavy atom. The van der Waals surface area contributed by atoms with E-state index in [-0.39, 0.29) is 0 Å². The van der Waals surface area contributed by atoms with Crippen LogP contribution >= 0.6 is 0 Å². The van der Waals surface area contributed by atoms with Gasteiger partial charge in [0.25, 0.3) is 0 Å². The Labute approximate surface area is 175 Å². The van der Waals surface area contributed by atoms with Gasteiger partial charge in [0.2, 0.25) is 0 Å². The van der Waals surface area contributed by atoms with Gasteiger partial charge in [-0.05, 0) is 0 Å². The molecule has 2 aromatic rings. The van der Waals surface area contributed by atoms with Gasteiger partial charge in [0.15, 0.2) is 0 Å². The Hall–Kier alpha value is -0.720. The van der Waals surface area contributed by atoms with Gasteiger partial charge in [-0.25, -0.2) is 0 Å². The Kier molecular flexibility index (Phi) is 5.03. The molecule has 4 rings (SSSR count). The summed E-state index contributed by atoms with van der Waals surface area (Å²) in [6, 6.07) is 16.5. The molecule has 0 heterocycles. The first kappa shape index (κ1) is 18.6. The molecule has 1 saturated carbocycles. The maximum atomic E-state index is 2.42. The molecule has 2 aliphatic carbocycles. The standard InChI is InChI=1S/C24H29Si.Zr/c1-17-23(18-8-5-6-9-18)16-20-10-7-11-22(24(17)20)19-12-14-21(15-13-19)25(2,3)4;/h7,10-16,18H,5-6,8-9H2,1-4H3;. The summed E-state index contributed by atoms with van der Waals surface area (Å²) in [5, 5.41) is 1.55. The number of fused-ring (bicyclic) bond motifs is 1. The zero-order chi connectivity index (χ0) is 18.5. The van der Waals surface area contributed by atoms with Crippen molar-refractivity contribution in [3.8, 4) is 11.1 Å². The van der Waals surface area contributed by atoms with Crippen LogP contribution in [-0.4, -0.2) is 8.07 Å². The molecule has 0 spiro atoms. The zero-order valence-electron chi connectivity index (χ0n) is 16.5. The van der Waals surface area contributed by atoms with Crippen molar-refractivity contribution in [3.63, 3.8) is 0 Å². The van der Waals surface area contributed by atoms with E-state index in [1.54, 1.807) is 52.2 Å². The minimum absolute atomic E-state index is 0.682. The van der Waals surface area contributed by atoms with E-state index in [2.05, 4.69) is 69.0 Å². The average Bonchev–Trinajstić information content (AvgIpc) is 3.22. The summed E-state index contributed by atoms with van der Waals surface area (Å²) in [6.45, 7) is 9.67. The predicted molar refractivity (Wildman–Crippen MR) is 112 cm³/mol. The fourth-order valence-corrected chi connectivity index (χ4v) is 7.80. The van der Waals surface area contributed by atoms with Gasteiger partial charge in [-0.15, -0.1) is 0 Å². The van der Waals surface area contributed by atoms with E-state index in [4.69, 9.17) is 0 Å². The average molecular weight is 437 g/mol. The molecule has 0 saturated heterocycles. The summed E-state index contributed by atoms with van der Waals surface area (Å²) >= 11 is 1.66. The molecule has 1 atom stereocenters. The topological polar surface area (TPSA) is 0 Å². The summed E-state index contributed by atoms with van der Waals surface area (Å²) < 4.78 is 0.682. The first-order valence-corrected chi connectivity index (χ1v) is 15.0. The van der Waals surface area contributed by atoms with Crippen molar-refractivity contribution in [1.29, 1.82) is 0 Å². The molecular weight excluding hydrogens is 408 g/mol. The third-order valence-corrected chi connectivity index (χ3v) is 9.98. The molecule has 2 aliphatic rings. The molecule has 0 aliphatic heterocycles. The fraction of sp³-hybridized carbons (Fsp3) is 0.417. The number of hydrogen-bond donors (Lipinski definition) is 0. The Morgan fingerprint density at radius 1 is 0.923 bits per heavy atom. The maximum absolute atomic E-state index is 2.42. The van der Waals surface area contributed by atoms with Crippen molar-refractivity contribution < 1.29 is 24.7 Å². The van der Waals surface area contributed by atoms with Gasteiger partial charge in [-0.1, -0.05) is 0 Å². The quantitative estimate of drug-likeness (QED) is 0.484. The Bertz CT molecular complexity index is 849. The van der Waals surface area contributed by atoms with Gasteiger partial charge in [0.05, 0.1) is 0 Å². The predicted octanol–water partition coefficient (Wildman–Crippen LogP) is 6.46. The van der Waals surface area contributed by atoms with E-state index in [0.29, 0.717) is 3.63 Å². The summed E-state index contributed by atoms with van der Waals surface area (Å²) in [5.74, 6) is 0.841. The first-order valence-electron chi connectivity index (χ1n) is 10.0. The van der Waals surface area contributed by atoms with E-state index >= 15 is 0 Å². The molecule has 1 fully saturated rings. The van der Waals surface area contributed by atoms with Crippen molar-refractivity contribution in [2.24, 2.45) is 5.92 Å². The number of rotatable bonds is 3. The van der Waals surface area contributed by atoms with Crippen LogP contribution in [0.1, 0.15) is 47.4 Å². The second-order valence-electron chi connectivity index (χ2n) is 9.09. The van der Waals surface area contributed by atoms with Crippen LogP contribution in [0.25, 0.3) is 16.7 Å². The van der Waals surface area contributed by atoms with Gasteiger partial charge in [-0.3, -0.25) is 0 Å². The summed E-state index contributed by atoms with van der Waals surface area (Å²) in [6.07, 6.45) is 5.66.